The van der Waals surface area contributed by atoms with Gasteiger partial charge in [-0.25, -0.2) is 0 Å². The molecule has 1 amide bonds. The van der Waals surface area contributed by atoms with Crippen LogP contribution in [0.25, 0.3) is 0 Å². The predicted octanol–water partition coefficient (Wildman–Crippen LogP) is 3.09. The van der Waals surface area contributed by atoms with Crippen molar-refractivity contribution in [3.63, 3.8) is 0 Å². The third-order valence-electron chi connectivity index (χ3n) is 3.10. The Labute approximate surface area is 98.4 Å². The van der Waals surface area contributed by atoms with Crippen LogP contribution >= 0.6 is 15.9 Å². The molecule has 0 saturated heterocycles. The first-order valence-corrected chi connectivity index (χ1v) is 5.86. The number of hydrogen-bond acceptors (Lipinski definition) is 1. The first-order valence-electron chi connectivity index (χ1n) is 5.06. The largest absolute Gasteiger partial charge is 0.315 e. The molecule has 0 fully saturated rings. The van der Waals surface area contributed by atoms with Gasteiger partial charge >= 0.3 is 0 Å². The van der Waals surface area contributed by atoms with Gasteiger partial charge < -0.3 is 4.90 Å². The lowest BCUT2D eigenvalue weighted by Gasteiger charge is -2.37. The summed E-state index contributed by atoms with van der Waals surface area (Å²) in [6.07, 6.45) is 1.93. The Hall–Kier alpha value is -0.830. The Morgan fingerprint density at radius 2 is 2.20 bits per heavy atom. The highest BCUT2D eigenvalue weighted by Crippen LogP contribution is 2.40. The summed E-state index contributed by atoms with van der Waals surface area (Å²) >= 11 is 3.48. The zero-order chi connectivity index (χ0) is 11.1. The number of carbonyl (C=O) groups is 1. The maximum atomic E-state index is 10.9. The number of benzene rings is 1. The summed E-state index contributed by atoms with van der Waals surface area (Å²) in [6, 6.07) is 6.11. The number of amides is 1. The molecule has 0 spiro atoms. The topological polar surface area (TPSA) is 20.3 Å². The fourth-order valence-electron chi connectivity index (χ4n) is 2.07. The molecule has 0 radical (unpaired) electrons. The van der Waals surface area contributed by atoms with Crippen molar-refractivity contribution in [2.75, 3.05) is 11.4 Å². The van der Waals surface area contributed by atoms with Gasteiger partial charge in [-0.15, -0.1) is 0 Å². The lowest BCUT2D eigenvalue weighted by molar-refractivity contribution is -0.107. The number of halogens is 1. The van der Waals surface area contributed by atoms with Crippen molar-refractivity contribution in [3.05, 3.63) is 28.2 Å². The molecule has 0 saturated carbocycles. The lowest BCUT2D eigenvalue weighted by Crippen LogP contribution is -2.36. The van der Waals surface area contributed by atoms with E-state index >= 15 is 0 Å². The SMILES string of the molecule is CC1(C)CCN(C=O)c2ccc(Br)cc21. The molecule has 80 valence electrons. The molecule has 0 aliphatic carbocycles. The first-order chi connectivity index (χ1) is 7.04. The molecule has 2 nitrogen and oxygen atoms in total. The van der Waals surface area contributed by atoms with Gasteiger partial charge in [0.15, 0.2) is 0 Å². The molecule has 0 N–H and O–H groups in total. The minimum atomic E-state index is 0.151. The number of carbonyl (C=O) groups excluding carboxylic acids is 1. The Kier molecular flexibility index (Phi) is 2.59. The van der Waals surface area contributed by atoms with Gasteiger partial charge in [0.1, 0.15) is 0 Å². The minimum Gasteiger partial charge on any atom is -0.315 e. The van der Waals surface area contributed by atoms with Crippen molar-refractivity contribution >= 4 is 28.0 Å². The van der Waals surface area contributed by atoms with E-state index in [4.69, 9.17) is 0 Å². The number of hydrogen-bond donors (Lipinski definition) is 0. The van der Waals surface area contributed by atoms with Crippen molar-refractivity contribution in [2.45, 2.75) is 25.7 Å². The van der Waals surface area contributed by atoms with Gasteiger partial charge in [0.05, 0.1) is 0 Å². The van der Waals surface area contributed by atoms with Crippen LogP contribution in [0.15, 0.2) is 22.7 Å². The molecule has 0 bridgehead atoms. The monoisotopic (exact) mass is 267 g/mol. The smallest absolute Gasteiger partial charge is 0.214 e. The van der Waals surface area contributed by atoms with Gasteiger partial charge in [-0.2, -0.15) is 0 Å². The summed E-state index contributed by atoms with van der Waals surface area (Å²) in [4.78, 5) is 12.7. The van der Waals surface area contributed by atoms with Crippen LogP contribution in [-0.2, 0) is 10.2 Å². The maximum absolute atomic E-state index is 10.9. The van der Waals surface area contributed by atoms with E-state index in [0.29, 0.717) is 0 Å². The molecule has 1 aliphatic heterocycles. The molecule has 0 aromatic heterocycles. The van der Waals surface area contributed by atoms with Crippen LogP contribution in [0.2, 0.25) is 0 Å². The summed E-state index contributed by atoms with van der Waals surface area (Å²) in [7, 11) is 0. The Morgan fingerprint density at radius 3 is 2.87 bits per heavy atom. The van der Waals surface area contributed by atoms with Crippen LogP contribution in [-0.4, -0.2) is 13.0 Å². The standard InChI is InChI=1S/C12H14BrNO/c1-12(2)5-6-14(8-15)11-4-3-9(13)7-10(11)12/h3-4,7-8H,5-6H2,1-2H3. The van der Waals surface area contributed by atoms with Crippen LogP contribution < -0.4 is 4.90 Å². The van der Waals surface area contributed by atoms with E-state index in [-0.39, 0.29) is 5.41 Å². The summed E-state index contributed by atoms with van der Waals surface area (Å²) in [6.45, 7) is 5.26. The van der Waals surface area contributed by atoms with Crippen LogP contribution in [0.5, 0.6) is 0 Å². The van der Waals surface area contributed by atoms with Gasteiger partial charge in [0.2, 0.25) is 6.41 Å². The van der Waals surface area contributed by atoms with Crippen molar-refractivity contribution in [3.8, 4) is 0 Å². The molecule has 0 atom stereocenters. The fraction of sp³-hybridized carbons (Fsp3) is 0.417. The van der Waals surface area contributed by atoms with Crippen LogP contribution in [0.4, 0.5) is 5.69 Å². The third kappa shape index (κ3) is 1.81. The normalized spacial score (nSPS) is 18.5. The van der Waals surface area contributed by atoms with Gasteiger partial charge in [0.25, 0.3) is 0 Å². The molecule has 1 aromatic carbocycles. The van der Waals surface area contributed by atoms with Crippen LogP contribution in [0.3, 0.4) is 0 Å². The number of fused-ring (bicyclic) bond motifs is 1. The average Bonchev–Trinajstić information content (AvgIpc) is 2.19. The molecule has 1 heterocycles. The van der Waals surface area contributed by atoms with E-state index in [1.165, 1.54) is 5.56 Å². The molecular weight excluding hydrogens is 254 g/mol. The summed E-state index contributed by atoms with van der Waals surface area (Å²) < 4.78 is 1.07. The van der Waals surface area contributed by atoms with Crippen LogP contribution in [0, 0.1) is 0 Å². The second-order valence-electron chi connectivity index (χ2n) is 4.59. The summed E-state index contributed by atoms with van der Waals surface area (Å²) in [5.41, 5.74) is 2.44. The average molecular weight is 268 g/mol. The zero-order valence-corrected chi connectivity index (χ0v) is 10.5. The molecule has 15 heavy (non-hydrogen) atoms. The highest BCUT2D eigenvalue weighted by molar-refractivity contribution is 9.10. The highest BCUT2D eigenvalue weighted by atomic mass is 79.9. The zero-order valence-electron chi connectivity index (χ0n) is 8.96. The second-order valence-corrected chi connectivity index (χ2v) is 5.51. The molecule has 1 aromatic rings. The van der Waals surface area contributed by atoms with E-state index < -0.39 is 0 Å². The highest BCUT2D eigenvalue weighted by Gasteiger charge is 2.30. The quantitative estimate of drug-likeness (QED) is 0.717. The van der Waals surface area contributed by atoms with E-state index in [9.17, 15) is 4.79 Å². The number of anilines is 1. The fourth-order valence-corrected chi connectivity index (χ4v) is 2.43. The van der Waals surface area contributed by atoms with E-state index in [1.54, 1.807) is 4.90 Å². The van der Waals surface area contributed by atoms with Crippen molar-refractivity contribution < 1.29 is 4.79 Å². The van der Waals surface area contributed by atoms with Gasteiger partial charge in [-0.3, -0.25) is 4.79 Å². The molecule has 1 aliphatic rings. The predicted molar refractivity (Wildman–Crippen MR) is 65.2 cm³/mol. The maximum Gasteiger partial charge on any atom is 0.214 e. The molecular formula is C12H14BrNO. The second kappa shape index (κ2) is 3.63. The number of nitrogens with zero attached hydrogens (tertiary/aromatic N) is 1. The van der Waals surface area contributed by atoms with Crippen LogP contribution in [0.1, 0.15) is 25.8 Å². The first kappa shape index (κ1) is 10.7. The lowest BCUT2D eigenvalue weighted by atomic mass is 9.78. The van der Waals surface area contributed by atoms with E-state index in [1.807, 2.05) is 12.1 Å². The summed E-state index contributed by atoms with van der Waals surface area (Å²) in [5.74, 6) is 0. The Morgan fingerprint density at radius 1 is 1.47 bits per heavy atom. The Balaban J connectivity index is 2.58. The summed E-state index contributed by atoms with van der Waals surface area (Å²) in [5, 5.41) is 0. The van der Waals surface area contributed by atoms with Gasteiger partial charge in [-0.1, -0.05) is 29.8 Å². The third-order valence-corrected chi connectivity index (χ3v) is 3.60. The van der Waals surface area contributed by atoms with E-state index in [2.05, 4.69) is 35.8 Å². The minimum absolute atomic E-state index is 0.151. The van der Waals surface area contributed by atoms with Gasteiger partial charge in [-0.05, 0) is 35.6 Å². The van der Waals surface area contributed by atoms with Crippen molar-refractivity contribution in [1.29, 1.82) is 0 Å². The molecule has 3 heteroatoms. The van der Waals surface area contributed by atoms with Gasteiger partial charge in [0, 0.05) is 16.7 Å². The Bertz CT molecular complexity index is 401. The molecule has 2 rings (SSSR count). The number of rotatable bonds is 1. The molecule has 0 unspecified atom stereocenters. The van der Waals surface area contributed by atoms with Crippen molar-refractivity contribution in [1.82, 2.24) is 0 Å². The van der Waals surface area contributed by atoms with E-state index in [0.717, 1.165) is 29.5 Å². The van der Waals surface area contributed by atoms with Crippen molar-refractivity contribution in [2.24, 2.45) is 0 Å².